The molecule has 7 heteroatoms. The van der Waals surface area contributed by atoms with Crippen molar-refractivity contribution in [2.45, 2.75) is 27.3 Å². The van der Waals surface area contributed by atoms with Gasteiger partial charge < -0.3 is 10.6 Å². The number of anilines is 1. The van der Waals surface area contributed by atoms with E-state index in [1.165, 1.54) is 4.68 Å². The first-order valence-corrected chi connectivity index (χ1v) is 9.06. The number of rotatable bonds is 5. The van der Waals surface area contributed by atoms with Crippen molar-refractivity contribution in [3.05, 3.63) is 69.6 Å². The second-order valence-corrected chi connectivity index (χ2v) is 6.53. The monoisotopic (exact) mass is 378 g/mol. The Bertz CT molecular complexity index is 1120. The van der Waals surface area contributed by atoms with Crippen molar-refractivity contribution in [2.75, 3.05) is 11.9 Å². The van der Waals surface area contributed by atoms with Crippen LogP contribution in [0.5, 0.6) is 0 Å². The molecule has 0 saturated carbocycles. The maximum absolute atomic E-state index is 12.6. The second kappa shape index (κ2) is 8.04. The molecule has 1 aromatic heterocycles. The van der Waals surface area contributed by atoms with Crippen LogP contribution in [0.3, 0.4) is 0 Å². The molecule has 0 unspecified atom stereocenters. The van der Waals surface area contributed by atoms with Gasteiger partial charge in [0.2, 0.25) is 5.91 Å². The van der Waals surface area contributed by atoms with E-state index in [4.69, 9.17) is 0 Å². The number of benzene rings is 2. The van der Waals surface area contributed by atoms with Crippen LogP contribution in [0.2, 0.25) is 0 Å². The van der Waals surface area contributed by atoms with Gasteiger partial charge >= 0.3 is 0 Å². The predicted octanol–water partition coefficient (Wildman–Crippen LogP) is 2.40. The third kappa shape index (κ3) is 3.93. The molecule has 0 saturated heterocycles. The summed E-state index contributed by atoms with van der Waals surface area (Å²) in [5.41, 5.74) is 2.25. The fourth-order valence-electron chi connectivity index (χ4n) is 3.05. The Morgan fingerprint density at radius 1 is 1.07 bits per heavy atom. The molecular formula is C21H22N4O3. The van der Waals surface area contributed by atoms with E-state index in [0.717, 1.165) is 10.9 Å². The van der Waals surface area contributed by atoms with E-state index in [0.29, 0.717) is 28.9 Å². The molecule has 1 heterocycles. The highest BCUT2D eigenvalue weighted by Crippen LogP contribution is 2.17. The molecule has 0 radical (unpaired) electrons. The molecule has 2 N–H and O–H groups in total. The molecule has 0 atom stereocenters. The quantitative estimate of drug-likeness (QED) is 0.713. The maximum Gasteiger partial charge on any atom is 0.275 e. The third-order valence-corrected chi connectivity index (χ3v) is 4.45. The van der Waals surface area contributed by atoms with Crippen molar-refractivity contribution in [3.8, 4) is 0 Å². The molecule has 3 aromatic rings. The number of nitrogens with zero attached hydrogens (tertiary/aromatic N) is 2. The van der Waals surface area contributed by atoms with Gasteiger partial charge in [0.15, 0.2) is 0 Å². The summed E-state index contributed by atoms with van der Waals surface area (Å²) in [7, 11) is 0. The van der Waals surface area contributed by atoms with Gasteiger partial charge in [0.25, 0.3) is 11.5 Å². The van der Waals surface area contributed by atoms with Gasteiger partial charge in [-0.15, -0.1) is 0 Å². The Hall–Kier alpha value is -3.48. The summed E-state index contributed by atoms with van der Waals surface area (Å²) >= 11 is 0. The lowest BCUT2D eigenvalue weighted by Gasteiger charge is -2.12. The minimum atomic E-state index is -0.363. The molecule has 28 heavy (non-hydrogen) atoms. The molecular weight excluding hydrogens is 356 g/mol. The molecule has 0 aliphatic carbocycles. The fraction of sp³-hybridized carbons (Fsp3) is 0.238. The predicted molar refractivity (Wildman–Crippen MR) is 109 cm³/mol. The summed E-state index contributed by atoms with van der Waals surface area (Å²) in [6.07, 6.45) is 0. The lowest BCUT2D eigenvalue weighted by atomic mass is 10.1. The molecule has 0 aliphatic heterocycles. The summed E-state index contributed by atoms with van der Waals surface area (Å²) in [5.74, 6) is -0.524. The van der Waals surface area contributed by atoms with Crippen molar-refractivity contribution in [2.24, 2.45) is 0 Å². The summed E-state index contributed by atoms with van der Waals surface area (Å²) < 4.78 is 1.17. The van der Waals surface area contributed by atoms with Gasteiger partial charge in [-0.05, 0) is 50.6 Å². The summed E-state index contributed by atoms with van der Waals surface area (Å²) in [6, 6.07) is 12.2. The highest BCUT2D eigenvalue weighted by Gasteiger charge is 2.13. The molecule has 0 fully saturated rings. The largest absolute Gasteiger partial charge is 0.352 e. The Kier molecular flexibility index (Phi) is 5.54. The third-order valence-electron chi connectivity index (χ3n) is 4.45. The smallest absolute Gasteiger partial charge is 0.275 e. The molecule has 7 nitrogen and oxygen atoms in total. The van der Waals surface area contributed by atoms with Gasteiger partial charge in [-0.2, -0.15) is 5.10 Å². The summed E-state index contributed by atoms with van der Waals surface area (Å²) in [5, 5.41) is 11.1. The van der Waals surface area contributed by atoms with Crippen LogP contribution in [0.25, 0.3) is 10.8 Å². The Labute approximate surface area is 162 Å². The van der Waals surface area contributed by atoms with Gasteiger partial charge in [0.05, 0.1) is 11.1 Å². The van der Waals surface area contributed by atoms with Crippen molar-refractivity contribution in [1.29, 1.82) is 0 Å². The average molecular weight is 378 g/mol. The SMILES string of the molecule is CCNC(=O)c1ccc(NC(=O)Cn2nc(C)c3ccccc3c2=O)c(C)c1. The van der Waals surface area contributed by atoms with Crippen LogP contribution in [0.4, 0.5) is 5.69 Å². The zero-order valence-electron chi connectivity index (χ0n) is 16.1. The van der Waals surface area contributed by atoms with Crippen molar-refractivity contribution in [1.82, 2.24) is 15.1 Å². The number of aryl methyl sites for hydroxylation is 2. The molecule has 2 amide bonds. The van der Waals surface area contributed by atoms with Crippen molar-refractivity contribution in [3.63, 3.8) is 0 Å². The van der Waals surface area contributed by atoms with E-state index in [-0.39, 0.29) is 23.9 Å². The van der Waals surface area contributed by atoms with Crippen LogP contribution in [0.1, 0.15) is 28.5 Å². The van der Waals surface area contributed by atoms with Crippen LogP contribution < -0.4 is 16.2 Å². The van der Waals surface area contributed by atoms with E-state index in [1.54, 1.807) is 37.3 Å². The topological polar surface area (TPSA) is 93.1 Å². The number of hydrogen-bond donors (Lipinski definition) is 2. The van der Waals surface area contributed by atoms with E-state index in [1.807, 2.05) is 26.0 Å². The molecule has 2 aromatic carbocycles. The molecule has 3 rings (SSSR count). The normalized spacial score (nSPS) is 10.7. The summed E-state index contributed by atoms with van der Waals surface area (Å²) in [4.78, 5) is 37.0. The number of nitrogens with one attached hydrogen (secondary N) is 2. The number of aromatic nitrogens is 2. The Morgan fingerprint density at radius 2 is 1.79 bits per heavy atom. The maximum atomic E-state index is 12.6. The average Bonchev–Trinajstić information content (AvgIpc) is 2.67. The summed E-state index contributed by atoms with van der Waals surface area (Å²) in [6.45, 7) is 5.82. The second-order valence-electron chi connectivity index (χ2n) is 6.53. The van der Waals surface area contributed by atoms with E-state index in [2.05, 4.69) is 15.7 Å². The highest BCUT2D eigenvalue weighted by molar-refractivity contribution is 5.96. The van der Waals surface area contributed by atoms with Gasteiger partial charge in [-0.1, -0.05) is 18.2 Å². The number of hydrogen-bond acceptors (Lipinski definition) is 4. The van der Waals surface area contributed by atoms with Crippen LogP contribution in [-0.4, -0.2) is 28.1 Å². The Morgan fingerprint density at radius 3 is 2.46 bits per heavy atom. The first kappa shape index (κ1) is 19.3. The lowest BCUT2D eigenvalue weighted by molar-refractivity contribution is -0.117. The first-order chi connectivity index (χ1) is 13.4. The minimum absolute atomic E-state index is 0.161. The van der Waals surface area contributed by atoms with Gasteiger partial charge in [0, 0.05) is 23.2 Å². The van der Waals surface area contributed by atoms with Crippen molar-refractivity contribution >= 4 is 28.3 Å². The molecule has 0 spiro atoms. The van der Waals surface area contributed by atoms with E-state index < -0.39 is 0 Å². The van der Waals surface area contributed by atoms with Crippen LogP contribution in [0.15, 0.2) is 47.3 Å². The van der Waals surface area contributed by atoms with Crippen LogP contribution in [0, 0.1) is 13.8 Å². The molecule has 0 bridgehead atoms. The number of fused-ring (bicyclic) bond motifs is 1. The van der Waals surface area contributed by atoms with E-state index in [9.17, 15) is 14.4 Å². The van der Waals surface area contributed by atoms with Gasteiger partial charge in [-0.25, -0.2) is 4.68 Å². The van der Waals surface area contributed by atoms with Gasteiger partial charge in [0.1, 0.15) is 6.54 Å². The number of amides is 2. The lowest BCUT2D eigenvalue weighted by Crippen LogP contribution is -2.30. The fourth-order valence-corrected chi connectivity index (χ4v) is 3.05. The standard InChI is InChI=1S/C21H22N4O3/c1-4-22-20(27)15-9-10-18(13(2)11-15)23-19(26)12-25-21(28)17-8-6-5-7-16(17)14(3)24-25/h5-11H,4,12H2,1-3H3,(H,22,27)(H,23,26). The van der Waals surface area contributed by atoms with Gasteiger partial charge in [-0.3, -0.25) is 14.4 Å². The zero-order valence-corrected chi connectivity index (χ0v) is 16.1. The minimum Gasteiger partial charge on any atom is -0.352 e. The van der Waals surface area contributed by atoms with Crippen LogP contribution >= 0.6 is 0 Å². The van der Waals surface area contributed by atoms with E-state index >= 15 is 0 Å². The highest BCUT2D eigenvalue weighted by atomic mass is 16.2. The van der Waals surface area contributed by atoms with Crippen LogP contribution in [-0.2, 0) is 11.3 Å². The zero-order chi connectivity index (χ0) is 20.3. The molecule has 0 aliphatic rings. The Balaban J connectivity index is 1.80. The number of carbonyl (C=O) groups is 2. The first-order valence-electron chi connectivity index (χ1n) is 9.06. The number of carbonyl (C=O) groups excluding carboxylic acids is 2. The molecule has 144 valence electrons. The van der Waals surface area contributed by atoms with Crippen molar-refractivity contribution < 1.29 is 9.59 Å².